The first-order chi connectivity index (χ1) is 9.06. The average molecular weight is 280 g/mol. The van der Waals surface area contributed by atoms with E-state index in [-0.39, 0.29) is 17.4 Å². The van der Waals surface area contributed by atoms with Crippen molar-refractivity contribution in [1.82, 2.24) is 4.98 Å². The Morgan fingerprint density at radius 1 is 1.63 bits per heavy atom. The maximum absolute atomic E-state index is 13.0. The summed E-state index contributed by atoms with van der Waals surface area (Å²) in [5, 5.41) is 16.0. The Labute approximate surface area is 113 Å². The molecule has 0 saturated carbocycles. The molecule has 2 heterocycles. The van der Waals surface area contributed by atoms with E-state index in [0.717, 1.165) is 18.7 Å². The highest BCUT2D eigenvalue weighted by Gasteiger charge is 2.15. The first-order valence-electron chi connectivity index (χ1n) is 5.72. The van der Waals surface area contributed by atoms with Crippen LogP contribution in [0.15, 0.2) is 29.1 Å². The van der Waals surface area contributed by atoms with Crippen molar-refractivity contribution in [3.05, 3.63) is 46.0 Å². The summed E-state index contributed by atoms with van der Waals surface area (Å²) in [6, 6.07) is 2.99. The first-order valence-corrected chi connectivity index (χ1v) is 6.67. The SMILES string of the molecule is CC(Cc1ccsc1)Nc1ncc(F)cc1C(=O)O. The van der Waals surface area contributed by atoms with Crippen molar-refractivity contribution < 1.29 is 14.3 Å². The minimum absolute atomic E-state index is 0.00524. The molecule has 1 unspecified atom stereocenters. The van der Waals surface area contributed by atoms with Crippen LogP contribution in [0.3, 0.4) is 0 Å². The number of halogens is 1. The standard InChI is InChI=1S/C13H13FN2O2S/c1-8(4-9-2-3-19-7-9)16-12-11(13(17)18)5-10(14)6-15-12/h2-3,5-8H,4H2,1H3,(H,15,16)(H,17,18). The fourth-order valence-corrected chi connectivity index (χ4v) is 2.45. The molecule has 0 amide bonds. The molecule has 2 N–H and O–H groups in total. The van der Waals surface area contributed by atoms with Crippen LogP contribution in [0.4, 0.5) is 10.2 Å². The third-order valence-corrected chi connectivity index (χ3v) is 3.32. The van der Waals surface area contributed by atoms with Crippen LogP contribution in [-0.4, -0.2) is 22.1 Å². The maximum Gasteiger partial charge on any atom is 0.339 e. The van der Waals surface area contributed by atoms with Gasteiger partial charge < -0.3 is 10.4 Å². The largest absolute Gasteiger partial charge is 0.478 e. The summed E-state index contributed by atoms with van der Waals surface area (Å²) >= 11 is 1.61. The van der Waals surface area contributed by atoms with Gasteiger partial charge in [-0.3, -0.25) is 0 Å². The van der Waals surface area contributed by atoms with Crippen LogP contribution in [0.2, 0.25) is 0 Å². The van der Waals surface area contributed by atoms with E-state index in [2.05, 4.69) is 10.3 Å². The number of aromatic nitrogens is 1. The van der Waals surface area contributed by atoms with Gasteiger partial charge in [-0.05, 0) is 41.8 Å². The number of rotatable bonds is 5. The van der Waals surface area contributed by atoms with Crippen molar-refractivity contribution in [2.45, 2.75) is 19.4 Å². The number of hydrogen-bond donors (Lipinski definition) is 2. The third kappa shape index (κ3) is 3.51. The summed E-state index contributed by atoms with van der Waals surface area (Å²) in [6.45, 7) is 1.92. The highest BCUT2D eigenvalue weighted by atomic mass is 32.1. The Kier molecular flexibility index (Phi) is 4.11. The third-order valence-electron chi connectivity index (χ3n) is 2.59. The first kappa shape index (κ1) is 13.5. The van der Waals surface area contributed by atoms with Gasteiger partial charge in [-0.15, -0.1) is 0 Å². The maximum atomic E-state index is 13.0. The topological polar surface area (TPSA) is 62.2 Å². The summed E-state index contributed by atoms with van der Waals surface area (Å²) in [5.74, 6) is -1.66. The molecule has 6 heteroatoms. The average Bonchev–Trinajstić information content (AvgIpc) is 2.83. The van der Waals surface area contributed by atoms with E-state index in [0.29, 0.717) is 0 Å². The van der Waals surface area contributed by atoms with Crippen molar-refractivity contribution in [2.75, 3.05) is 5.32 Å². The molecule has 19 heavy (non-hydrogen) atoms. The van der Waals surface area contributed by atoms with Crippen molar-refractivity contribution in [1.29, 1.82) is 0 Å². The van der Waals surface area contributed by atoms with Gasteiger partial charge in [-0.2, -0.15) is 11.3 Å². The van der Waals surface area contributed by atoms with E-state index in [4.69, 9.17) is 5.11 Å². The van der Waals surface area contributed by atoms with E-state index in [1.54, 1.807) is 11.3 Å². The number of anilines is 1. The number of carbonyl (C=O) groups is 1. The molecule has 0 aromatic carbocycles. The summed E-state index contributed by atoms with van der Waals surface area (Å²) < 4.78 is 13.0. The lowest BCUT2D eigenvalue weighted by Crippen LogP contribution is -2.20. The molecule has 0 saturated heterocycles. The lowest BCUT2D eigenvalue weighted by atomic mass is 10.1. The molecular weight excluding hydrogens is 267 g/mol. The van der Waals surface area contributed by atoms with E-state index in [9.17, 15) is 9.18 Å². The van der Waals surface area contributed by atoms with Crippen LogP contribution in [0, 0.1) is 5.82 Å². The lowest BCUT2D eigenvalue weighted by molar-refractivity contribution is 0.0697. The van der Waals surface area contributed by atoms with Crippen molar-refractivity contribution >= 4 is 23.1 Å². The number of carboxylic acid groups (broad SMARTS) is 1. The van der Waals surface area contributed by atoms with Crippen LogP contribution in [0.5, 0.6) is 0 Å². The van der Waals surface area contributed by atoms with E-state index < -0.39 is 11.8 Å². The van der Waals surface area contributed by atoms with Crippen LogP contribution in [0.1, 0.15) is 22.8 Å². The number of hydrogen-bond acceptors (Lipinski definition) is 4. The number of nitrogens with one attached hydrogen (secondary N) is 1. The Balaban J connectivity index is 2.12. The van der Waals surface area contributed by atoms with E-state index in [1.165, 1.54) is 5.56 Å². The Hall–Kier alpha value is -1.95. The predicted octanol–water partition coefficient (Wildman–Crippen LogP) is 3.02. The number of nitrogens with zero attached hydrogens (tertiary/aromatic N) is 1. The van der Waals surface area contributed by atoms with Crippen molar-refractivity contribution in [2.24, 2.45) is 0 Å². The Bertz CT molecular complexity index is 572. The second kappa shape index (κ2) is 5.79. The molecular formula is C13H13FN2O2S. The molecule has 0 fully saturated rings. The highest BCUT2D eigenvalue weighted by Crippen LogP contribution is 2.16. The molecule has 1 atom stereocenters. The minimum Gasteiger partial charge on any atom is -0.478 e. The van der Waals surface area contributed by atoms with Crippen molar-refractivity contribution in [3.63, 3.8) is 0 Å². The Morgan fingerprint density at radius 2 is 2.42 bits per heavy atom. The Morgan fingerprint density at radius 3 is 3.05 bits per heavy atom. The monoisotopic (exact) mass is 280 g/mol. The molecule has 100 valence electrons. The minimum atomic E-state index is -1.20. The normalized spacial score (nSPS) is 12.1. The molecule has 0 bridgehead atoms. The summed E-state index contributed by atoms with van der Waals surface area (Å²) in [5.41, 5.74) is 1.01. The number of thiophene rings is 1. The zero-order valence-corrected chi connectivity index (χ0v) is 11.1. The van der Waals surface area contributed by atoms with Crippen LogP contribution < -0.4 is 5.32 Å². The van der Waals surface area contributed by atoms with Crippen LogP contribution >= 0.6 is 11.3 Å². The molecule has 0 spiro atoms. The van der Waals surface area contributed by atoms with Gasteiger partial charge in [0, 0.05) is 6.04 Å². The van der Waals surface area contributed by atoms with Gasteiger partial charge in [-0.1, -0.05) is 0 Å². The zero-order valence-electron chi connectivity index (χ0n) is 10.3. The number of aromatic carboxylic acids is 1. The van der Waals surface area contributed by atoms with Gasteiger partial charge in [0.25, 0.3) is 0 Å². The van der Waals surface area contributed by atoms with Gasteiger partial charge in [-0.25, -0.2) is 14.2 Å². The molecule has 0 aliphatic carbocycles. The van der Waals surface area contributed by atoms with Gasteiger partial charge in [0.15, 0.2) is 0 Å². The highest BCUT2D eigenvalue weighted by molar-refractivity contribution is 7.07. The quantitative estimate of drug-likeness (QED) is 0.883. The second-order valence-corrected chi connectivity index (χ2v) is 5.02. The van der Waals surface area contributed by atoms with Gasteiger partial charge in [0.2, 0.25) is 0 Å². The van der Waals surface area contributed by atoms with Crippen LogP contribution in [-0.2, 0) is 6.42 Å². The predicted molar refractivity (Wildman–Crippen MR) is 72.3 cm³/mol. The lowest BCUT2D eigenvalue weighted by Gasteiger charge is -2.15. The smallest absolute Gasteiger partial charge is 0.339 e. The molecule has 0 aliphatic rings. The molecule has 0 aliphatic heterocycles. The van der Waals surface area contributed by atoms with E-state index >= 15 is 0 Å². The second-order valence-electron chi connectivity index (χ2n) is 4.24. The summed E-state index contributed by atoms with van der Waals surface area (Å²) in [7, 11) is 0. The molecule has 0 radical (unpaired) electrons. The number of carboxylic acids is 1. The fourth-order valence-electron chi connectivity index (χ4n) is 1.76. The zero-order chi connectivity index (χ0) is 13.8. The van der Waals surface area contributed by atoms with Gasteiger partial charge in [0.1, 0.15) is 17.2 Å². The molecule has 2 aromatic heterocycles. The van der Waals surface area contributed by atoms with Gasteiger partial charge in [0.05, 0.1) is 6.20 Å². The van der Waals surface area contributed by atoms with Crippen molar-refractivity contribution in [3.8, 4) is 0 Å². The van der Waals surface area contributed by atoms with Gasteiger partial charge >= 0.3 is 5.97 Å². The molecule has 4 nitrogen and oxygen atoms in total. The number of pyridine rings is 1. The van der Waals surface area contributed by atoms with E-state index in [1.807, 2.05) is 23.8 Å². The van der Waals surface area contributed by atoms with Crippen LogP contribution in [0.25, 0.3) is 0 Å². The molecule has 2 aromatic rings. The summed E-state index contributed by atoms with van der Waals surface area (Å²) in [4.78, 5) is 14.8. The fraction of sp³-hybridized carbons (Fsp3) is 0.231. The molecule has 2 rings (SSSR count). The summed E-state index contributed by atoms with van der Waals surface area (Å²) in [6.07, 6.45) is 1.76.